The molecule has 27 heavy (non-hydrogen) atoms. The molecule has 0 saturated heterocycles. The van der Waals surface area contributed by atoms with Crippen LogP contribution < -0.4 is 10.1 Å². The summed E-state index contributed by atoms with van der Waals surface area (Å²) in [6.45, 7) is 0. The summed E-state index contributed by atoms with van der Waals surface area (Å²) in [5.74, 6) is -2.71. The molecule has 138 valence electrons. The molecule has 2 aromatic rings. The van der Waals surface area contributed by atoms with E-state index in [9.17, 15) is 19.8 Å². The smallest absolute Gasteiger partial charge is 0.345 e. The second kappa shape index (κ2) is 7.43. The highest BCUT2D eigenvalue weighted by Gasteiger charge is 2.36. The summed E-state index contributed by atoms with van der Waals surface area (Å²) in [6.07, 6.45) is 1.32. The Morgan fingerprint density at radius 3 is 2.59 bits per heavy atom. The minimum atomic E-state index is -1.41. The lowest BCUT2D eigenvalue weighted by molar-refractivity contribution is -0.134. The van der Waals surface area contributed by atoms with Crippen LogP contribution in [0, 0.1) is 0 Å². The third-order valence-corrected chi connectivity index (χ3v) is 3.99. The standard InChI is InChI=1S/C19H14ClNO6/c1-26-13-8-10(7-12(20)16(13)22)9-14-17(23)15(19(24)25)18(27-14)21-11-5-3-2-4-6-11/h2-9,21-22H,1H3,(H,24,25)/b14-9-. The first kappa shape index (κ1) is 18.3. The normalized spacial score (nSPS) is 15.0. The molecule has 0 fully saturated rings. The van der Waals surface area contributed by atoms with Gasteiger partial charge in [0.1, 0.15) is 0 Å². The molecule has 1 aliphatic heterocycles. The van der Waals surface area contributed by atoms with Gasteiger partial charge in [-0.15, -0.1) is 0 Å². The zero-order valence-electron chi connectivity index (χ0n) is 14.0. The van der Waals surface area contributed by atoms with Crippen molar-refractivity contribution in [3.05, 3.63) is 70.3 Å². The van der Waals surface area contributed by atoms with E-state index in [0.717, 1.165) is 0 Å². The van der Waals surface area contributed by atoms with E-state index >= 15 is 0 Å². The van der Waals surface area contributed by atoms with Crippen molar-refractivity contribution in [1.29, 1.82) is 0 Å². The SMILES string of the molecule is COc1cc(/C=C2\OC(Nc3ccccc3)=C(C(=O)O)C2=O)cc(Cl)c1O. The number of allylic oxidation sites excluding steroid dienone is 1. The van der Waals surface area contributed by atoms with Crippen LogP contribution in [0.1, 0.15) is 5.56 Å². The molecular weight excluding hydrogens is 374 g/mol. The van der Waals surface area contributed by atoms with E-state index in [1.807, 2.05) is 0 Å². The maximum atomic E-state index is 12.5. The molecule has 0 saturated carbocycles. The van der Waals surface area contributed by atoms with Crippen LogP contribution in [0.15, 0.2) is 59.7 Å². The predicted octanol–water partition coefficient (Wildman–Crippen LogP) is 3.40. The minimum absolute atomic E-state index is 0.0145. The van der Waals surface area contributed by atoms with Gasteiger partial charge in [-0.2, -0.15) is 0 Å². The maximum Gasteiger partial charge on any atom is 0.345 e. The zero-order valence-corrected chi connectivity index (χ0v) is 14.8. The number of ether oxygens (including phenoxy) is 2. The molecule has 1 aliphatic rings. The summed E-state index contributed by atoms with van der Waals surface area (Å²) in [4.78, 5) is 24.0. The Labute approximate surface area is 159 Å². The number of carbonyl (C=O) groups excluding carboxylic acids is 1. The number of aromatic hydroxyl groups is 1. The van der Waals surface area contributed by atoms with E-state index in [-0.39, 0.29) is 28.2 Å². The highest BCUT2D eigenvalue weighted by Crippen LogP contribution is 2.36. The number of rotatable bonds is 5. The number of phenols is 1. The maximum absolute atomic E-state index is 12.5. The van der Waals surface area contributed by atoms with E-state index < -0.39 is 17.3 Å². The number of carbonyl (C=O) groups is 2. The van der Waals surface area contributed by atoms with Crippen LogP contribution >= 0.6 is 11.6 Å². The van der Waals surface area contributed by atoms with Gasteiger partial charge >= 0.3 is 5.97 Å². The van der Waals surface area contributed by atoms with Gasteiger partial charge < -0.3 is 25.0 Å². The Morgan fingerprint density at radius 2 is 1.96 bits per heavy atom. The van der Waals surface area contributed by atoms with Crippen molar-refractivity contribution in [1.82, 2.24) is 0 Å². The molecule has 0 radical (unpaired) electrons. The lowest BCUT2D eigenvalue weighted by atomic mass is 10.1. The zero-order chi connectivity index (χ0) is 19.6. The van der Waals surface area contributed by atoms with Crippen molar-refractivity contribution in [3.63, 3.8) is 0 Å². The number of methoxy groups -OCH3 is 1. The minimum Gasteiger partial charge on any atom is -0.503 e. The van der Waals surface area contributed by atoms with Gasteiger partial charge in [-0.25, -0.2) is 4.79 Å². The largest absolute Gasteiger partial charge is 0.503 e. The van der Waals surface area contributed by atoms with Gasteiger partial charge in [0.25, 0.3) is 0 Å². The summed E-state index contributed by atoms with van der Waals surface area (Å²) in [7, 11) is 1.35. The van der Waals surface area contributed by atoms with Crippen LogP contribution in [0.3, 0.4) is 0 Å². The number of carboxylic acid groups (broad SMARTS) is 1. The van der Waals surface area contributed by atoms with Crippen molar-refractivity contribution < 1.29 is 29.3 Å². The average molecular weight is 388 g/mol. The highest BCUT2D eigenvalue weighted by atomic mass is 35.5. The van der Waals surface area contributed by atoms with Crippen LogP contribution in [-0.4, -0.2) is 29.1 Å². The van der Waals surface area contributed by atoms with Crippen LogP contribution in [0.25, 0.3) is 6.08 Å². The summed E-state index contributed by atoms with van der Waals surface area (Å²) in [6, 6.07) is 11.5. The van der Waals surface area contributed by atoms with Crippen molar-refractivity contribution in [2.24, 2.45) is 0 Å². The number of hydrogen-bond donors (Lipinski definition) is 3. The molecule has 3 rings (SSSR count). The fourth-order valence-electron chi connectivity index (χ4n) is 2.45. The van der Waals surface area contributed by atoms with Crippen molar-refractivity contribution in [3.8, 4) is 11.5 Å². The number of nitrogens with one attached hydrogen (secondary N) is 1. The van der Waals surface area contributed by atoms with Crippen LogP contribution in [0.5, 0.6) is 11.5 Å². The van der Waals surface area contributed by atoms with Crippen molar-refractivity contribution in [2.75, 3.05) is 12.4 Å². The van der Waals surface area contributed by atoms with Crippen LogP contribution in [0.2, 0.25) is 5.02 Å². The van der Waals surface area contributed by atoms with E-state index in [2.05, 4.69) is 5.32 Å². The van der Waals surface area contributed by atoms with Gasteiger partial charge in [-0.3, -0.25) is 4.79 Å². The van der Waals surface area contributed by atoms with E-state index in [4.69, 9.17) is 21.1 Å². The first-order valence-corrected chi connectivity index (χ1v) is 8.09. The molecular formula is C19H14ClNO6. The number of Topliss-reactive ketones (excluding diaryl/α,β-unsaturated/α-hetero) is 1. The van der Waals surface area contributed by atoms with Gasteiger partial charge in [-0.05, 0) is 35.9 Å². The molecule has 0 aromatic heterocycles. The number of carboxylic acids is 1. The first-order chi connectivity index (χ1) is 12.9. The van der Waals surface area contributed by atoms with Crippen LogP contribution in [-0.2, 0) is 14.3 Å². The molecule has 0 spiro atoms. The molecule has 0 amide bonds. The molecule has 0 bridgehead atoms. The Balaban J connectivity index is 1.96. The number of ketones is 1. The van der Waals surface area contributed by atoms with Gasteiger partial charge in [0.2, 0.25) is 11.7 Å². The van der Waals surface area contributed by atoms with Crippen molar-refractivity contribution in [2.45, 2.75) is 0 Å². The summed E-state index contributed by atoms with van der Waals surface area (Å²) >= 11 is 5.93. The lowest BCUT2D eigenvalue weighted by Gasteiger charge is -2.08. The second-order valence-corrected chi connectivity index (χ2v) is 5.90. The molecule has 8 heteroatoms. The Hall–Kier alpha value is -3.45. The summed E-state index contributed by atoms with van der Waals surface area (Å²) in [5, 5.41) is 22.0. The van der Waals surface area contributed by atoms with Gasteiger partial charge in [0.05, 0.1) is 12.1 Å². The molecule has 3 N–H and O–H groups in total. The second-order valence-electron chi connectivity index (χ2n) is 5.49. The average Bonchev–Trinajstić information content (AvgIpc) is 2.94. The Kier molecular flexibility index (Phi) is 5.05. The number of halogens is 1. The molecule has 0 unspecified atom stereocenters. The number of phenolic OH excluding ortho intramolecular Hbond substituents is 1. The molecule has 2 aromatic carbocycles. The summed E-state index contributed by atoms with van der Waals surface area (Å²) in [5.41, 5.74) is 0.445. The molecule has 7 nitrogen and oxygen atoms in total. The monoisotopic (exact) mass is 387 g/mol. The van der Waals surface area contributed by atoms with Gasteiger partial charge in [-0.1, -0.05) is 29.8 Å². The Bertz CT molecular complexity index is 981. The predicted molar refractivity (Wildman–Crippen MR) is 98.5 cm³/mol. The Morgan fingerprint density at radius 1 is 1.26 bits per heavy atom. The van der Waals surface area contributed by atoms with E-state index in [0.29, 0.717) is 11.3 Å². The number of aliphatic carboxylic acids is 1. The fourth-order valence-corrected chi connectivity index (χ4v) is 2.67. The molecule has 1 heterocycles. The van der Waals surface area contributed by atoms with Crippen molar-refractivity contribution >= 4 is 35.1 Å². The lowest BCUT2D eigenvalue weighted by Crippen LogP contribution is -2.12. The molecule has 0 aliphatic carbocycles. The first-order valence-electron chi connectivity index (χ1n) is 7.71. The third-order valence-electron chi connectivity index (χ3n) is 3.70. The topological polar surface area (TPSA) is 105 Å². The molecule has 0 atom stereocenters. The van der Waals surface area contributed by atoms with E-state index in [1.54, 1.807) is 30.3 Å². The summed E-state index contributed by atoms with van der Waals surface area (Å²) < 4.78 is 10.5. The highest BCUT2D eigenvalue weighted by molar-refractivity contribution is 6.32. The van der Waals surface area contributed by atoms with Crippen LogP contribution in [0.4, 0.5) is 5.69 Å². The number of anilines is 1. The quantitative estimate of drug-likeness (QED) is 0.533. The number of para-hydroxylation sites is 1. The third kappa shape index (κ3) is 3.73. The van der Waals surface area contributed by atoms with Gasteiger partial charge in [0, 0.05) is 5.69 Å². The van der Waals surface area contributed by atoms with E-state index in [1.165, 1.54) is 25.3 Å². The number of benzene rings is 2. The van der Waals surface area contributed by atoms with Gasteiger partial charge in [0.15, 0.2) is 22.8 Å². The fraction of sp³-hybridized carbons (Fsp3) is 0.0526. The number of hydrogen-bond acceptors (Lipinski definition) is 6.